The van der Waals surface area contributed by atoms with Crippen molar-refractivity contribution in [1.82, 2.24) is 15.0 Å². The number of nitrogens with zero attached hydrogens (tertiary/aromatic N) is 3. The van der Waals surface area contributed by atoms with Crippen molar-refractivity contribution in [1.29, 1.82) is 0 Å². The lowest BCUT2D eigenvalue weighted by atomic mass is 9.95. The van der Waals surface area contributed by atoms with Gasteiger partial charge in [0.05, 0.1) is 0 Å². The van der Waals surface area contributed by atoms with Gasteiger partial charge in [-0.2, -0.15) is 0 Å². The fourth-order valence-corrected chi connectivity index (χ4v) is 7.18. The number of aromatic nitrogens is 3. The Hall–Kier alpha value is -6.91. The lowest BCUT2D eigenvalue weighted by molar-refractivity contribution is 0.669. The van der Waals surface area contributed by atoms with Crippen LogP contribution in [-0.4, -0.2) is 15.0 Å². The molecule has 0 saturated carbocycles. The number of hydrogen-bond acceptors (Lipinski definition) is 4. The molecule has 0 atom stereocenters. The number of furan rings is 1. The monoisotopic (exact) mass is 651 g/mol. The van der Waals surface area contributed by atoms with Crippen LogP contribution in [0.25, 0.3) is 99.9 Å². The van der Waals surface area contributed by atoms with E-state index < -0.39 is 0 Å². The van der Waals surface area contributed by atoms with Crippen LogP contribution in [0.5, 0.6) is 0 Å². The molecular formula is C47H29N3O. The average molecular weight is 652 g/mol. The van der Waals surface area contributed by atoms with Crippen molar-refractivity contribution in [2.75, 3.05) is 0 Å². The van der Waals surface area contributed by atoms with Crippen molar-refractivity contribution in [2.45, 2.75) is 0 Å². The molecular weight excluding hydrogens is 623 g/mol. The van der Waals surface area contributed by atoms with E-state index >= 15 is 0 Å². The molecule has 0 spiro atoms. The van der Waals surface area contributed by atoms with Crippen LogP contribution in [0.1, 0.15) is 0 Å². The first kappa shape index (κ1) is 29.0. The molecule has 0 radical (unpaired) electrons. The molecule has 0 bridgehead atoms. The second-order valence-electron chi connectivity index (χ2n) is 12.8. The second kappa shape index (κ2) is 11.9. The Morgan fingerprint density at radius 1 is 0.314 bits per heavy atom. The van der Waals surface area contributed by atoms with Gasteiger partial charge in [-0.3, -0.25) is 0 Å². The average Bonchev–Trinajstić information content (AvgIpc) is 3.59. The second-order valence-corrected chi connectivity index (χ2v) is 12.8. The summed E-state index contributed by atoms with van der Waals surface area (Å²) in [6.07, 6.45) is 0. The van der Waals surface area contributed by atoms with Gasteiger partial charge >= 0.3 is 0 Å². The van der Waals surface area contributed by atoms with Crippen molar-refractivity contribution in [2.24, 2.45) is 0 Å². The summed E-state index contributed by atoms with van der Waals surface area (Å²) >= 11 is 0. The van der Waals surface area contributed by atoms with Crippen LogP contribution >= 0.6 is 0 Å². The highest BCUT2D eigenvalue weighted by molar-refractivity contribution is 6.14. The van der Waals surface area contributed by atoms with E-state index in [9.17, 15) is 0 Å². The first-order chi connectivity index (χ1) is 25.2. The van der Waals surface area contributed by atoms with E-state index in [-0.39, 0.29) is 0 Å². The van der Waals surface area contributed by atoms with Crippen molar-refractivity contribution in [3.63, 3.8) is 0 Å². The van der Waals surface area contributed by atoms with Gasteiger partial charge in [0.1, 0.15) is 11.2 Å². The van der Waals surface area contributed by atoms with Crippen LogP contribution in [-0.2, 0) is 0 Å². The van der Waals surface area contributed by atoms with Gasteiger partial charge in [-0.15, -0.1) is 0 Å². The minimum atomic E-state index is 0.634. The maximum Gasteiger partial charge on any atom is 0.164 e. The van der Waals surface area contributed by atoms with Gasteiger partial charge in [0.2, 0.25) is 0 Å². The van der Waals surface area contributed by atoms with Gasteiger partial charge in [0, 0.05) is 27.5 Å². The molecule has 0 N–H and O–H groups in total. The zero-order chi connectivity index (χ0) is 33.7. The summed E-state index contributed by atoms with van der Waals surface area (Å²) in [5.41, 5.74) is 9.10. The van der Waals surface area contributed by atoms with Crippen LogP contribution in [0.4, 0.5) is 0 Å². The van der Waals surface area contributed by atoms with Crippen molar-refractivity contribution in [3.05, 3.63) is 176 Å². The summed E-state index contributed by atoms with van der Waals surface area (Å²) in [6.45, 7) is 0. The molecule has 0 amide bonds. The third-order valence-corrected chi connectivity index (χ3v) is 9.73. The van der Waals surface area contributed by atoms with E-state index in [1.165, 1.54) is 27.1 Å². The first-order valence-corrected chi connectivity index (χ1v) is 17.1. The van der Waals surface area contributed by atoms with E-state index in [0.29, 0.717) is 17.5 Å². The van der Waals surface area contributed by atoms with E-state index in [2.05, 4.69) is 115 Å². The summed E-state index contributed by atoms with van der Waals surface area (Å²) in [5.74, 6) is 1.93. The number of hydrogen-bond donors (Lipinski definition) is 0. The molecule has 10 rings (SSSR count). The lowest BCUT2D eigenvalue weighted by Crippen LogP contribution is -2.00. The third-order valence-electron chi connectivity index (χ3n) is 9.73. The van der Waals surface area contributed by atoms with Crippen LogP contribution in [0.15, 0.2) is 180 Å². The lowest BCUT2D eigenvalue weighted by Gasteiger charge is -2.10. The van der Waals surface area contributed by atoms with Gasteiger partial charge in [-0.1, -0.05) is 152 Å². The Morgan fingerprint density at radius 2 is 0.863 bits per heavy atom. The zero-order valence-electron chi connectivity index (χ0n) is 27.5. The standard InChI is InChI=1S/C47H29N3O/c1-3-11-32(12-4-1)45-48-46(33-13-5-2-6-14-33)50-47(49-45)34-21-18-31(19-22-34)40-16-9-17-43-44(40)41-29-36(25-27-42(41)51-43)35-24-26-39-37(28-35)23-20-30-10-7-8-15-38(30)39/h1-29H. The summed E-state index contributed by atoms with van der Waals surface area (Å²) in [5, 5.41) is 7.23. The molecule has 51 heavy (non-hydrogen) atoms. The zero-order valence-corrected chi connectivity index (χ0v) is 27.5. The summed E-state index contributed by atoms with van der Waals surface area (Å²) < 4.78 is 6.40. The molecule has 2 aromatic heterocycles. The van der Waals surface area contributed by atoms with E-state index in [1.807, 2.05) is 60.7 Å². The Kier molecular flexibility index (Phi) is 6.78. The van der Waals surface area contributed by atoms with E-state index in [1.54, 1.807) is 0 Å². The molecule has 0 unspecified atom stereocenters. The number of benzene rings is 8. The largest absolute Gasteiger partial charge is 0.456 e. The quantitative estimate of drug-likeness (QED) is 0.174. The van der Waals surface area contributed by atoms with Gasteiger partial charge in [0.25, 0.3) is 0 Å². The minimum absolute atomic E-state index is 0.634. The molecule has 0 saturated heterocycles. The van der Waals surface area contributed by atoms with Crippen LogP contribution in [0.2, 0.25) is 0 Å². The predicted octanol–water partition coefficient (Wildman–Crippen LogP) is 12.4. The fraction of sp³-hybridized carbons (Fsp3) is 0. The van der Waals surface area contributed by atoms with Crippen molar-refractivity contribution in [3.8, 4) is 56.4 Å². The van der Waals surface area contributed by atoms with Gasteiger partial charge < -0.3 is 4.42 Å². The van der Waals surface area contributed by atoms with Gasteiger partial charge in [-0.05, 0) is 68.1 Å². The smallest absolute Gasteiger partial charge is 0.164 e. The normalized spacial score (nSPS) is 11.5. The van der Waals surface area contributed by atoms with E-state index in [0.717, 1.165) is 55.3 Å². The van der Waals surface area contributed by atoms with E-state index in [4.69, 9.17) is 19.4 Å². The summed E-state index contributed by atoms with van der Waals surface area (Å²) in [4.78, 5) is 14.7. The predicted molar refractivity (Wildman–Crippen MR) is 209 cm³/mol. The first-order valence-electron chi connectivity index (χ1n) is 17.1. The topological polar surface area (TPSA) is 51.8 Å². The Balaban J connectivity index is 1.05. The fourth-order valence-electron chi connectivity index (χ4n) is 7.18. The highest BCUT2D eigenvalue weighted by atomic mass is 16.3. The Morgan fingerprint density at radius 3 is 1.59 bits per heavy atom. The molecule has 4 nitrogen and oxygen atoms in total. The third kappa shape index (κ3) is 5.13. The molecule has 0 aliphatic heterocycles. The van der Waals surface area contributed by atoms with Crippen LogP contribution in [0, 0.1) is 0 Å². The minimum Gasteiger partial charge on any atom is -0.456 e. The number of fused-ring (bicyclic) bond motifs is 6. The Bertz CT molecular complexity index is 2840. The van der Waals surface area contributed by atoms with Crippen LogP contribution in [0.3, 0.4) is 0 Å². The molecule has 10 aromatic rings. The molecule has 8 aromatic carbocycles. The van der Waals surface area contributed by atoms with Gasteiger partial charge in [0.15, 0.2) is 17.5 Å². The van der Waals surface area contributed by atoms with Crippen molar-refractivity contribution >= 4 is 43.5 Å². The highest BCUT2D eigenvalue weighted by Crippen LogP contribution is 2.39. The molecule has 0 aliphatic rings. The van der Waals surface area contributed by atoms with Gasteiger partial charge in [-0.25, -0.2) is 15.0 Å². The summed E-state index contributed by atoms with van der Waals surface area (Å²) in [6, 6.07) is 61.2. The Labute approximate surface area is 294 Å². The maximum absolute atomic E-state index is 6.40. The highest BCUT2D eigenvalue weighted by Gasteiger charge is 2.16. The number of rotatable bonds is 5. The maximum atomic E-state index is 6.40. The molecule has 238 valence electrons. The SMILES string of the molecule is c1ccc(-c2nc(-c3ccccc3)nc(-c3ccc(-c4cccc5oc6ccc(-c7ccc8c(ccc9ccccc98)c7)cc6c45)cc3)n2)cc1. The van der Waals surface area contributed by atoms with Crippen molar-refractivity contribution < 1.29 is 4.42 Å². The molecule has 2 heterocycles. The van der Waals surface area contributed by atoms with Crippen LogP contribution < -0.4 is 0 Å². The molecule has 4 heteroatoms. The summed E-state index contributed by atoms with van der Waals surface area (Å²) in [7, 11) is 0. The molecule has 0 aliphatic carbocycles. The molecule has 0 fully saturated rings.